The van der Waals surface area contributed by atoms with E-state index in [2.05, 4.69) is 143 Å². The lowest BCUT2D eigenvalue weighted by Gasteiger charge is -2.24. The summed E-state index contributed by atoms with van der Waals surface area (Å²) < 4.78 is 0. The van der Waals surface area contributed by atoms with Crippen molar-refractivity contribution in [1.82, 2.24) is 29.9 Å². The van der Waals surface area contributed by atoms with Gasteiger partial charge < -0.3 is 15.3 Å². The van der Waals surface area contributed by atoms with Crippen LogP contribution in [0.4, 0.5) is 0 Å². The van der Waals surface area contributed by atoms with Gasteiger partial charge >= 0.3 is 0 Å². The van der Waals surface area contributed by atoms with E-state index in [0.717, 1.165) is 22.6 Å². The van der Waals surface area contributed by atoms with Crippen LogP contribution in [0.5, 0.6) is 0 Å². The van der Waals surface area contributed by atoms with Gasteiger partial charge in [-0.15, -0.1) is 16.6 Å². The molecule has 0 spiro atoms. The van der Waals surface area contributed by atoms with Crippen molar-refractivity contribution in [1.29, 1.82) is 0 Å². The molecule has 0 aromatic carbocycles. The van der Waals surface area contributed by atoms with Crippen LogP contribution in [0.1, 0.15) is 229 Å². The average Bonchev–Trinajstić information content (AvgIpc) is 3.60. The molecule has 3 aromatic heterocycles. The zero-order valence-corrected chi connectivity index (χ0v) is 65.7. The Balaban J connectivity index is 1.41. The van der Waals surface area contributed by atoms with Gasteiger partial charge in [0.05, 0.1) is 18.3 Å². The molecule has 0 fully saturated rings. The fourth-order valence-electron chi connectivity index (χ4n) is 12.2. The van der Waals surface area contributed by atoms with Gasteiger partial charge in [0, 0.05) is 78.1 Å². The molecule has 0 saturated heterocycles. The maximum atomic E-state index is 10.4. The molecule has 0 amide bonds. The van der Waals surface area contributed by atoms with Crippen molar-refractivity contribution >= 4 is 48.4 Å². The van der Waals surface area contributed by atoms with Crippen molar-refractivity contribution in [3.8, 4) is 34.4 Å². The normalized spacial score (nSPS) is 13.7. The second-order valence-corrected chi connectivity index (χ2v) is 61.9. The summed E-state index contributed by atoms with van der Waals surface area (Å²) in [5.41, 5.74) is 13.0. The maximum Gasteiger partial charge on any atom is 0.204 e. The van der Waals surface area contributed by atoms with Crippen LogP contribution >= 0.6 is 0 Å². The van der Waals surface area contributed by atoms with Gasteiger partial charge in [0.1, 0.15) is 24.2 Å². The Morgan fingerprint density at radius 2 is 0.489 bits per heavy atom. The second-order valence-electron chi connectivity index (χ2n) is 32.3. The topological polar surface area (TPSA) is 138 Å². The van der Waals surface area contributed by atoms with E-state index in [1.807, 2.05) is 41.5 Å². The molecule has 15 heteroatoms. The predicted molar refractivity (Wildman–Crippen MR) is 395 cm³/mol. The van der Waals surface area contributed by atoms with Crippen LogP contribution in [0, 0.1) is 58.1 Å². The summed E-state index contributed by atoms with van der Waals surface area (Å²) >= 11 is 0. The minimum atomic E-state index is -1.66. The van der Waals surface area contributed by atoms with Crippen molar-refractivity contribution in [2.45, 2.75) is 328 Å². The number of unbranched alkanes of at least 4 members (excludes halogenated alkanes) is 12. The molecule has 9 nitrogen and oxygen atoms in total. The van der Waals surface area contributed by atoms with Crippen molar-refractivity contribution < 1.29 is 15.3 Å². The number of aliphatic hydroxyl groups is 3. The molecule has 0 aliphatic rings. The number of rotatable bonds is 42. The quantitative estimate of drug-likeness (QED) is 0.0288. The van der Waals surface area contributed by atoms with Crippen LogP contribution in [-0.2, 0) is 0 Å². The third kappa shape index (κ3) is 35.2. The van der Waals surface area contributed by atoms with Gasteiger partial charge in [0.25, 0.3) is 0 Å². The van der Waals surface area contributed by atoms with Gasteiger partial charge in [-0.25, -0.2) is 29.9 Å². The van der Waals surface area contributed by atoms with E-state index >= 15 is 0 Å². The number of hydrogen-bond donors (Lipinski definition) is 3. The summed E-state index contributed by atoms with van der Waals surface area (Å²) in [6.07, 6.45) is 37.8. The summed E-state index contributed by atoms with van der Waals surface area (Å²) in [6, 6.07) is 12.5. The maximum absolute atomic E-state index is 10.4. The van der Waals surface area contributed by atoms with Crippen LogP contribution < -0.4 is 0 Å². The Bertz CT molecular complexity index is 2310. The van der Waals surface area contributed by atoms with E-state index in [9.17, 15) is 15.3 Å². The molecule has 3 rings (SSSR count). The van der Waals surface area contributed by atoms with E-state index in [-0.39, 0.29) is 17.8 Å². The lowest BCUT2D eigenvalue weighted by atomic mass is 9.90. The van der Waals surface area contributed by atoms with E-state index in [1.165, 1.54) is 189 Å². The van der Waals surface area contributed by atoms with Gasteiger partial charge in [0.15, 0.2) is 0 Å². The van der Waals surface area contributed by atoms with E-state index in [0.29, 0.717) is 17.5 Å². The summed E-state index contributed by atoms with van der Waals surface area (Å²) in [5, 5.41) is 31.1. The minimum absolute atomic E-state index is 0.134. The first-order valence-electron chi connectivity index (χ1n) is 35.4. The Morgan fingerprint density at radius 1 is 0.295 bits per heavy atom. The van der Waals surface area contributed by atoms with Crippen LogP contribution in [-0.4, -0.2) is 93.7 Å². The Hall–Kier alpha value is -2.90. The number of aliphatic hydroxyl groups excluding tert-OH is 3. The smallest absolute Gasteiger partial charge is 0.204 e. The third-order valence-corrected chi connectivity index (χ3v) is 36.3. The minimum Gasteiger partial charge on any atom is -0.388 e. The summed E-state index contributed by atoms with van der Waals surface area (Å²) in [5.74, 6) is 12.8. The Kier molecular flexibility index (Phi) is 36.3. The van der Waals surface area contributed by atoms with E-state index in [1.54, 1.807) is 37.2 Å². The van der Waals surface area contributed by atoms with Crippen molar-refractivity contribution in [2.75, 3.05) is 0 Å². The molecule has 3 heterocycles. The number of nitrogens with zero attached hydrogens (tertiary/aromatic N) is 6. The molecular formula is C73H130N6O3Si6. The lowest BCUT2D eigenvalue weighted by Crippen LogP contribution is -2.25. The fraction of sp³-hybridized carbons (Fsp3) is 0.753. The monoisotopic (exact) mass is 1310 g/mol. The molecule has 0 aliphatic carbocycles. The first-order chi connectivity index (χ1) is 41.3. The van der Waals surface area contributed by atoms with Gasteiger partial charge in [-0.3, -0.25) is 0 Å². The molecule has 3 atom stereocenters. The standard InChI is InChI=1S/C73H130N6O3Si6/c1-61(2)71(80)65-55-74-68(75-56-65)40-52-86(13,14)49-34-22-31-46-83(7,8)43-28-19-25-37-64(38-26-20-29-44-84(9,10)47-32-23-35-50-87(15,16)53-41-69-76-57-66(58-77-69)72(81)62(3)4)39-27-21-30-45-85(11,12)48-33-24-36-51-88(17,18)54-42-70-78-59-67(60-79-70)73(82)63(5)6/h55-64,71-73,80-82H,19-39,43-51H2,1-18H3/t71-,72-,73-/m1/s1. The van der Waals surface area contributed by atoms with Gasteiger partial charge in [0.2, 0.25) is 17.5 Å². The molecule has 0 radical (unpaired) electrons. The van der Waals surface area contributed by atoms with Gasteiger partial charge in [-0.2, -0.15) is 0 Å². The highest BCUT2D eigenvalue weighted by Crippen LogP contribution is 2.31. The average molecular weight is 1310 g/mol. The molecule has 0 unspecified atom stereocenters. The molecule has 88 heavy (non-hydrogen) atoms. The third-order valence-electron chi connectivity index (χ3n) is 18.8. The van der Waals surface area contributed by atoms with Gasteiger partial charge in [-0.05, 0) is 59.6 Å². The Morgan fingerprint density at radius 3 is 0.693 bits per heavy atom. The summed E-state index contributed by atoms with van der Waals surface area (Å²) in [4.78, 5) is 26.7. The molecule has 0 saturated carbocycles. The largest absolute Gasteiger partial charge is 0.388 e. The van der Waals surface area contributed by atoms with Crippen molar-refractivity contribution in [3.63, 3.8) is 0 Å². The zero-order chi connectivity index (χ0) is 65.4. The number of hydrogen-bond acceptors (Lipinski definition) is 9. The summed E-state index contributed by atoms with van der Waals surface area (Å²) in [7, 11) is -8.57. The molecule has 3 aromatic rings. The SMILES string of the molecule is CC(C)[C@@H](O)c1cnc(C#C[Si](C)(C)CCCCC[Si](C)(C)CCCCCC(CCCCC[Si](C)(C)CCCCC[Si](C)(C)C#Cc2ncc([C@H](O)C(C)C)cn2)CCCCC[Si](C)(C)CCCCC[Si](C)(C)C#Cc2ncc([C@H](O)C(C)C)cn2)nc1. The van der Waals surface area contributed by atoms with E-state index < -0.39 is 66.8 Å². The molecule has 494 valence electrons. The highest BCUT2D eigenvalue weighted by molar-refractivity contribution is 6.86. The predicted octanol–water partition coefficient (Wildman–Crippen LogP) is 20.3. The molecular weight excluding hydrogens is 1180 g/mol. The first kappa shape index (κ1) is 79.3. The fourth-order valence-corrected chi connectivity index (χ4v) is 25.3. The first-order valence-corrected chi connectivity index (χ1v) is 55.2. The van der Waals surface area contributed by atoms with E-state index in [4.69, 9.17) is 0 Å². The summed E-state index contributed by atoms with van der Waals surface area (Å²) in [6.45, 7) is 42.2. The number of aromatic nitrogens is 6. The van der Waals surface area contributed by atoms with Crippen molar-refractivity contribution in [3.05, 3.63) is 71.3 Å². The van der Waals surface area contributed by atoms with Crippen LogP contribution in [0.2, 0.25) is 133 Å². The Labute approximate surface area is 547 Å². The van der Waals surface area contributed by atoms with Crippen LogP contribution in [0.25, 0.3) is 0 Å². The van der Waals surface area contributed by atoms with Gasteiger partial charge in [-0.1, -0.05) is 291 Å². The highest BCUT2D eigenvalue weighted by atomic mass is 28.3. The molecule has 0 bridgehead atoms. The van der Waals surface area contributed by atoms with Crippen LogP contribution in [0.15, 0.2) is 37.2 Å². The second kappa shape index (κ2) is 40.3. The highest BCUT2D eigenvalue weighted by Gasteiger charge is 2.25. The molecule has 3 N–H and O–H groups in total. The van der Waals surface area contributed by atoms with Crippen LogP contribution in [0.3, 0.4) is 0 Å². The van der Waals surface area contributed by atoms with Crippen molar-refractivity contribution in [2.24, 2.45) is 23.7 Å². The molecule has 0 aliphatic heterocycles. The lowest BCUT2D eigenvalue weighted by molar-refractivity contribution is 0.126. The zero-order valence-electron chi connectivity index (χ0n) is 59.7.